The standard InChI is InChI=1S/C14H12O/c15-14(13-10-6-3-7-11-13)12-8-4-1-2-5-9-12/h1-4,6-11H,5H2. The van der Waals surface area contributed by atoms with Crippen LogP contribution in [0.15, 0.2) is 66.3 Å². The van der Waals surface area contributed by atoms with E-state index in [1.54, 1.807) is 0 Å². The topological polar surface area (TPSA) is 17.1 Å². The third-order valence-electron chi connectivity index (χ3n) is 2.29. The van der Waals surface area contributed by atoms with Crippen LogP contribution in [0.4, 0.5) is 0 Å². The van der Waals surface area contributed by atoms with Crippen LogP contribution in [0.3, 0.4) is 0 Å². The quantitative estimate of drug-likeness (QED) is 0.663. The van der Waals surface area contributed by atoms with Crippen LogP contribution >= 0.6 is 0 Å². The van der Waals surface area contributed by atoms with Gasteiger partial charge in [-0.2, -0.15) is 0 Å². The van der Waals surface area contributed by atoms with Gasteiger partial charge in [0.15, 0.2) is 5.78 Å². The molecule has 0 fully saturated rings. The van der Waals surface area contributed by atoms with E-state index >= 15 is 0 Å². The first-order chi connectivity index (χ1) is 7.38. The first-order valence-corrected chi connectivity index (χ1v) is 5.01. The summed E-state index contributed by atoms with van der Waals surface area (Å²) in [5.41, 5.74) is 1.52. The number of ketones is 1. The predicted molar refractivity (Wildman–Crippen MR) is 61.8 cm³/mol. The van der Waals surface area contributed by atoms with Gasteiger partial charge in [-0.15, -0.1) is 0 Å². The Hall–Kier alpha value is -1.89. The van der Waals surface area contributed by atoms with E-state index in [1.807, 2.05) is 60.7 Å². The summed E-state index contributed by atoms with van der Waals surface area (Å²) >= 11 is 0. The largest absolute Gasteiger partial charge is 0.289 e. The van der Waals surface area contributed by atoms with Gasteiger partial charge in [-0.3, -0.25) is 4.79 Å². The number of Topliss-reactive ketones (excluding diaryl/α,β-unsaturated/α-hetero) is 1. The second kappa shape index (κ2) is 4.56. The predicted octanol–water partition coefficient (Wildman–Crippen LogP) is 3.31. The van der Waals surface area contributed by atoms with Crippen LogP contribution < -0.4 is 0 Å². The number of hydrogen-bond donors (Lipinski definition) is 0. The van der Waals surface area contributed by atoms with Gasteiger partial charge in [-0.05, 0) is 6.42 Å². The first kappa shape index (κ1) is 9.66. The normalized spacial score (nSPS) is 14.5. The Labute approximate surface area is 89.4 Å². The minimum absolute atomic E-state index is 0.0931. The Bertz CT molecular complexity index is 436. The zero-order valence-electron chi connectivity index (χ0n) is 8.39. The lowest BCUT2D eigenvalue weighted by Crippen LogP contribution is -2.00. The van der Waals surface area contributed by atoms with Crippen molar-refractivity contribution in [3.8, 4) is 0 Å². The minimum atomic E-state index is 0.0931. The van der Waals surface area contributed by atoms with Gasteiger partial charge in [-0.25, -0.2) is 0 Å². The van der Waals surface area contributed by atoms with Crippen molar-refractivity contribution in [1.82, 2.24) is 0 Å². The molecule has 0 amide bonds. The maximum absolute atomic E-state index is 12.0. The molecule has 0 aliphatic heterocycles. The first-order valence-electron chi connectivity index (χ1n) is 5.01. The molecule has 15 heavy (non-hydrogen) atoms. The molecule has 0 radical (unpaired) electrons. The molecule has 0 saturated heterocycles. The number of hydrogen-bond acceptors (Lipinski definition) is 1. The molecule has 0 heterocycles. The molecule has 0 atom stereocenters. The molecule has 1 heteroatoms. The summed E-state index contributed by atoms with van der Waals surface area (Å²) in [6, 6.07) is 9.36. The molecule has 0 N–H and O–H groups in total. The second-order valence-electron chi connectivity index (χ2n) is 3.38. The van der Waals surface area contributed by atoms with Crippen molar-refractivity contribution in [2.45, 2.75) is 6.42 Å². The molecular formula is C14H12O. The third-order valence-corrected chi connectivity index (χ3v) is 2.29. The third kappa shape index (κ3) is 2.32. The lowest BCUT2D eigenvalue weighted by molar-refractivity contribution is 0.103. The Morgan fingerprint density at radius 2 is 1.87 bits per heavy atom. The van der Waals surface area contributed by atoms with Gasteiger partial charge in [0.05, 0.1) is 0 Å². The van der Waals surface area contributed by atoms with Crippen LogP contribution in [0.5, 0.6) is 0 Å². The van der Waals surface area contributed by atoms with Crippen molar-refractivity contribution in [1.29, 1.82) is 0 Å². The van der Waals surface area contributed by atoms with Gasteiger partial charge < -0.3 is 0 Å². The molecule has 0 saturated carbocycles. The molecule has 74 valence electrons. The van der Waals surface area contributed by atoms with Crippen LogP contribution in [-0.4, -0.2) is 5.78 Å². The van der Waals surface area contributed by atoms with Gasteiger partial charge in [-0.1, -0.05) is 60.7 Å². The average molecular weight is 196 g/mol. The fourth-order valence-corrected chi connectivity index (χ4v) is 1.50. The molecule has 0 unspecified atom stereocenters. The molecular weight excluding hydrogens is 184 g/mol. The Balaban J connectivity index is 2.26. The molecule has 1 nitrogen and oxygen atoms in total. The fraction of sp³-hybridized carbons (Fsp3) is 0.0714. The van der Waals surface area contributed by atoms with Crippen LogP contribution in [0.2, 0.25) is 0 Å². The van der Waals surface area contributed by atoms with Gasteiger partial charge in [0.2, 0.25) is 0 Å². The van der Waals surface area contributed by atoms with Crippen molar-refractivity contribution < 1.29 is 4.79 Å². The van der Waals surface area contributed by atoms with Crippen molar-refractivity contribution in [2.24, 2.45) is 0 Å². The van der Waals surface area contributed by atoms with Gasteiger partial charge in [0.25, 0.3) is 0 Å². The van der Waals surface area contributed by atoms with E-state index in [1.165, 1.54) is 0 Å². The molecule has 0 bridgehead atoms. The average Bonchev–Trinajstić information content (AvgIpc) is 2.58. The summed E-state index contributed by atoms with van der Waals surface area (Å²) < 4.78 is 0. The highest BCUT2D eigenvalue weighted by atomic mass is 16.1. The molecule has 1 aromatic carbocycles. The summed E-state index contributed by atoms with van der Waals surface area (Å²) in [6.45, 7) is 0. The maximum Gasteiger partial charge on any atom is 0.192 e. The molecule has 1 aliphatic carbocycles. The van der Waals surface area contributed by atoms with Crippen LogP contribution in [0, 0.1) is 0 Å². The van der Waals surface area contributed by atoms with E-state index in [0.29, 0.717) is 0 Å². The summed E-state index contributed by atoms with van der Waals surface area (Å²) in [5, 5.41) is 0. The van der Waals surface area contributed by atoms with E-state index < -0.39 is 0 Å². The molecule has 1 aromatic rings. The van der Waals surface area contributed by atoms with E-state index in [-0.39, 0.29) is 5.78 Å². The van der Waals surface area contributed by atoms with Crippen molar-refractivity contribution in [3.05, 3.63) is 71.8 Å². The smallest absolute Gasteiger partial charge is 0.192 e. The van der Waals surface area contributed by atoms with Crippen molar-refractivity contribution in [3.63, 3.8) is 0 Å². The highest BCUT2D eigenvalue weighted by Gasteiger charge is 2.08. The van der Waals surface area contributed by atoms with Crippen LogP contribution in [-0.2, 0) is 0 Å². The number of carbonyl (C=O) groups is 1. The lowest BCUT2D eigenvalue weighted by atomic mass is 10.0. The lowest BCUT2D eigenvalue weighted by Gasteiger charge is -2.00. The van der Waals surface area contributed by atoms with E-state index in [9.17, 15) is 4.79 Å². The second-order valence-corrected chi connectivity index (χ2v) is 3.38. The summed E-state index contributed by atoms with van der Waals surface area (Å²) in [4.78, 5) is 12.0. The Kier molecular flexibility index (Phi) is 2.93. The van der Waals surface area contributed by atoms with Crippen LogP contribution in [0.25, 0.3) is 0 Å². The number of carbonyl (C=O) groups excluding carboxylic acids is 1. The fourth-order valence-electron chi connectivity index (χ4n) is 1.50. The maximum atomic E-state index is 12.0. The van der Waals surface area contributed by atoms with Gasteiger partial charge >= 0.3 is 0 Å². The monoisotopic (exact) mass is 196 g/mol. The number of allylic oxidation sites excluding steroid dienone is 6. The van der Waals surface area contributed by atoms with E-state index in [2.05, 4.69) is 0 Å². The zero-order chi connectivity index (χ0) is 10.5. The Morgan fingerprint density at radius 3 is 2.67 bits per heavy atom. The molecule has 2 rings (SSSR count). The SMILES string of the molecule is O=C(C1=CCC=CC=C1)c1ccccc1. The molecule has 0 aromatic heterocycles. The van der Waals surface area contributed by atoms with Crippen LogP contribution in [0.1, 0.15) is 16.8 Å². The molecule has 0 spiro atoms. The number of rotatable bonds is 2. The van der Waals surface area contributed by atoms with E-state index in [4.69, 9.17) is 0 Å². The highest BCUT2D eigenvalue weighted by Crippen LogP contribution is 2.12. The van der Waals surface area contributed by atoms with Gasteiger partial charge in [0, 0.05) is 11.1 Å². The van der Waals surface area contributed by atoms with Crippen molar-refractivity contribution >= 4 is 5.78 Å². The summed E-state index contributed by atoms with van der Waals surface area (Å²) in [7, 11) is 0. The molecule has 1 aliphatic rings. The number of benzene rings is 1. The van der Waals surface area contributed by atoms with Crippen molar-refractivity contribution in [2.75, 3.05) is 0 Å². The van der Waals surface area contributed by atoms with E-state index in [0.717, 1.165) is 17.6 Å². The summed E-state index contributed by atoms with van der Waals surface area (Å²) in [5.74, 6) is 0.0931. The van der Waals surface area contributed by atoms with Gasteiger partial charge in [0.1, 0.15) is 0 Å². The minimum Gasteiger partial charge on any atom is -0.289 e. The zero-order valence-corrected chi connectivity index (χ0v) is 8.39. The summed E-state index contributed by atoms with van der Waals surface area (Å²) in [6.07, 6.45) is 10.5. The Morgan fingerprint density at radius 1 is 1.07 bits per heavy atom. The highest BCUT2D eigenvalue weighted by molar-refractivity contribution is 6.10.